The quantitative estimate of drug-likeness (QED) is 0.852. The van der Waals surface area contributed by atoms with E-state index in [9.17, 15) is 0 Å². The van der Waals surface area contributed by atoms with Gasteiger partial charge in [-0.3, -0.25) is 0 Å². The first-order valence-corrected chi connectivity index (χ1v) is 6.60. The van der Waals surface area contributed by atoms with Crippen molar-refractivity contribution in [2.24, 2.45) is 5.73 Å². The average molecular weight is 244 g/mol. The minimum absolute atomic E-state index is 0.205. The largest absolute Gasteiger partial charge is 0.496 e. The molecule has 1 aromatic heterocycles. The van der Waals surface area contributed by atoms with E-state index < -0.39 is 0 Å². The Hall–Kier alpha value is -1.48. The smallest absolute Gasteiger partial charge is 0.133 e. The third kappa shape index (κ3) is 1.54. The van der Waals surface area contributed by atoms with Crippen molar-refractivity contribution in [3.05, 3.63) is 29.5 Å². The number of ether oxygens (including phenoxy) is 1. The normalized spacial score (nSPS) is 18.4. The third-order valence-corrected chi connectivity index (χ3v) is 4.23. The van der Waals surface area contributed by atoms with Crippen LogP contribution in [0.1, 0.15) is 36.8 Å². The molecule has 0 aliphatic heterocycles. The number of hydrogen-bond acceptors (Lipinski definition) is 2. The lowest BCUT2D eigenvalue weighted by atomic mass is 9.87. The van der Waals surface area contributed by atoms with E-state index in [1.54, 1.807) is 7.11 Å². The topological polar surface area (TPSA) is 51.0 Å². The van der Waals surface area contributed by atoms with Crippen LogP contribution in [0.4, 0.5) is 0 Å². The minimum atomic E-state index is -0.205. The van der Waals surface area contributed by atoms with Crippen molar-refractivity contribution in [1.29, 1.82) is 0 Å². The van der Waals surface area contributed by atoms with E-state index >= 15 is 0 Å². The standard InChI is InChI=1S/C15H20N2O/c1-10-9-17-12-6-5-11(14(18-2)13(10)12)15(16)7-3-4-8-15/h5-6,9,17H,3-4,7-8,16H2,1-2H3. The summed E-state index contributed by atoms with van der Waals surface area (Å²) in [6, 6.07) is 4.25. The van der Waals surface area contributed by atoms with Gasteiger partial charge in [0.05, 0.1) is 7.11 Å². The molecule has 3 N–H and O–H groups in total. The van der Waals surface area contributed by atoms with Crippen molar-refractivity contribution >= 4 is 10.9 Å². The van der Waals surface area contributed by atoms with Crippen LogP contribution in [0.5, 0.6) is 5.75 Å². The van der Waals surface area contributed by atoms with Gasteiger partial charge in [0.15, 0.2) is 0 Å². The summed E-state index contributed by atoms with van der Waals surface area (Å²) >= 11 is 0. The zero-order valence-corrected chi connectivity index (χ0v) is 11.0. The summed E-state index contributed by atoms with van der Waals surface area (Å²) in [5.74, 6) is 0.954. The Bertz CT molecular complexity index is 579. The van der Waals surface area contributed by atoms with Gasteiger partial charge in [0.25, 0.3) is 0 Å². The minimum Gasteiger partial charge on any atom is -0.496 e. The number of nitrogens with two attached hydrogens (primary N) is 1. The maximum atomic E-state index is 6.58. The molecule has 0 radical (unpaired) electrons. The van der Waals surface area contributed by atoms with E-state index in [1.165, 1.54) is 23.8 Å². The van der Waals surface area contributed by atoms with Gasteiger partial charge in [-0.05, 0) is 31.4 Å². The van der Waals surface area contributed by atoms with Crippen LogP contribution in [0, 0.1) is 6.92 Å². The third-order valence-electron chi connectivity index (χ3n) is 4.23. The van der Waals surface area contributed by atoms with Gasteiger partial charge in [0.1, 0.15) is 5.75 Å². The molecule has 2 aromatic rings. The molecule has 1 aliphatic rings. The molecule has 1 fully saturated rings. The first-order chi connectivity index (χ1) is 8.65. The highest BCUT2D eigenvalue weighted by atomic mass is 16.5. The number of aryl methyl sites for hydroxylation is 1. The number of nitrogens with one attached hydrogen (secondary N) is 1. The predicted molar refractivity (Wildman–Crippen MR) is 73.9 cm³/mol. The number of fused-ring (bicyclic) bond motifs is 1. The van der Waals surface area contributed by atoms with Crippen LogP contribution in [0.2, 0.25) is 0 Å². The van der Waals surface area contributed by atoms with Crippen molar-refractivity contribution in [2.75, 3.05) is 7.11 Å². The highest BCUT2D eigenvalue weighted by molar-refractivity contribution is 5.90. The molecule has 1 aliphatic carbocycles. The lowest BCUT2D eigenvalue weighted by Gasteiger charge is -2.26. The van der Waals surface area contributed by atoms with Gasteiger partial charge >= 0.3 is 0 Å². The molecule has 1 heterocycles. The number of rotatable bonds is 2. The fourth-order valence-electron chi connectivity index (χ4n) is 3.23. The monoisotopic (exact) mass is 244 g/mol. The molecule has 1 saturated carbocycles. The lowest BCUT2D eigenvalue weighted by molar-refractivity contribution is 0.383. The maximum absolute atomic E-state index is 6.58. The second-order valence-corrected chi connectivity index (χ2v) is 5.40. The van der Waals surface area contributed by atoms with Crippen LogP contribution in [0.15, 0.2) is 18.3 Å². The number of hydrogen-bond donors (Lipinski definition) is 2. The van der Waals surface area contributed by atoms with E-state index in [1.807, 2.05) is 6.20 Å². The summed E-state index contributed by atoms with van der Waals surface area (Å²) in [6.07, 6.45) is 6.55. The van der Waals surface area contributed by atoms with Gasteiger partial charge in [-0.1, -0.05) is 18.9 Å². The Labute approximate surface area is 107 Å². The Morgan fingerprint density at radius 2 is 2.00 bits per heavy atom. The number of aromatic nitrogens is 1. The molecule has 18 heavy (non-hydrogen) atoms. The van der Waals surface area contributed by atoms with E-state index in [2.05, 4.69) is 24.0 Å². The SMILES string of the molecule is COc1c(C2(N)CCCC2)ccc2[nH]cc(C)c12. The Morgan fingerprint density at radius 3 is 2.67 bits per heavy atom. The Kier molecular flexibility index (Phi) is 2.59. The maximum Gasteiger partial charge on any atom is 0.133 e. The van der Waals surface area contributed by atoms with Crippen LogP contribution < -0.4 is 10.5 Å². The second-order valence-electron chi connectivity index (χ2n) is 5.40. The van der Waals surface area contributed by atoms with Crippen LogP contribution in [0.3, 0.4) is 0 Å². The fraction of sp³-hybridized carbons (Fsp3) is 0.467. The molecule has 0 amide bonds. The van der Waals surface area contributed by atoms with Crippen molar-refractivity contribution in [2.45, 2.75) is 38.1 Å². The highest BCUT2D eigenvalue weighted by Crippen LogP contribution is 2.43. The molecule has 0 atom stereocenters. The highest BCUT2D eigenvalue weighted by Gasteiger charge is 2.34. The molecule has 96 valence electrons. The molecule has 3 rings (SSSR count). The average Bonchev–Trinajstić information content (AvgIpc) is 2.96. The number of benzene rings is 1. The number of H-pyrrole nitrogens is 1. The molecule has 3 nitrogen and oxygen atoms in total. The van der Waals surface area contributed by atoms with Gasteiger partial charge in [-0.25, -0.2) is 0 Å². The first-order valence-electron chi connectivity index (χ1n) is 6.60. The molecule has 3 heteroatoms. The van der Waals surface area contributed by atoms with E-state index in [4.69, 9.17) is 10.5 Å². The summed E-state index contributed by atoms with van der Waals surface area (Å²) < 4.78 is 5.68. The molecular formula is C15H20N2O. The lowest BCUT2D eigenvalue weighted by Crippen LogP contribution is -2.33. The molecule has 0 unspecified atom stereocenters. The van der Waals surface area contributed by atoms with Crippen LogP contribution >= 0.6 is 0 Å². The van der Waals surface area contributed by atoms with Gasteiger partial charge in [-0.15, -0.1) is 0 Å². The summed E-state index contributed by atoms with van der Waals surface area (Å²) in [6.45, 7) is 2.10. The summed E-state index contributed by atoms with van der Waals surface area (Å²) in [4.78, 5) is 3.27. The van der Waals surface area contributed by atoms with E-state index in [-0.39, 0.29) is 5.54 Å². The first kappa shape index (κ1) is 11.6. The van der Waals surface area contributed by atoms with E-state index in [0.29, 0.717) is 0 Å². The fourth-order valence-corrected chi connectivity index (χ4v) is 3.23. The van der Waals surface area contributed by atoms with Gasteiger partial charge in [-0.2, -0.15) is 0 Å². The zero-order chi connectivity index (χ0) is 12.8. The second kappa shape index (κ2) is 4.02. The van der Waals surface area contributed by atoms with Gasteiger partial charge in [0.2, 0.25) is 0 Å². The molecule has 0 spiro atoms. The van der Waals surface area contributed by atoms with Crippen molar-refractivity contribution < 1.29 is 4.74 Å². The Morgan fingerprint density at radius 1 is 1.28 bits per heavy atom. The Balaban J connectivity index is 2.26. The van der Waals surface area contributed by atoms with Crippen molar-refractivity contribution in [3.8, 4) is 5.75 Å². The van der Waals surface area contributed by atoms with E-state index in [0.717, 1.165) is 29.7 Å². The summed E-state index contributed by atoms with van der Waals surface area (Å²) in [5, 5.41) is 1.17. The van der Waals surface area contributed by atoms with Crippen LogP contribution in [-0.4, -0.2) is 12.1 Å². The van der Waals surface area contributed by atoms with Crippen molar-refractivity contribution in [3.63, 3.8) is 0 Å². The van der Waals surface area contributed by atoms with Crippen LogP contribution in [-0.2, 0) is 5.54 Å². The van der Waals surface area contributed by atoms with Crippen LogP contribution in [0.25, 0.3) is 10.9 Å². The molecule has 1 aromatic carbocycles. The number of aromatic amines is 1. The van der Waals surface area contributed by atoms with Crippen molar-refractivity contribution in [1.82, 2.24) is 4.98 Å². The van der Waals surface area contributed by atoms with Gasteiger partial charge < -0.3 is 15.5 Å². The zero-order valence-electron chi connectivity index (χ0n) is 11.0. The number of methoxy groups -OCH3 is 1. The summed E-state index contributed by atoms with van der Waals surface area (Å²) in [7, 11) is 1.74. The molecule has 0 bridgehead atoms. The molecular weight excluding hydrogens is 224 g/mol. The molecule has 0 saturated heterocycles. The summed E-state index contributed by atoms with van der Waals surface area (Å²) in [5.41, 5.74) is 9.87. The predicted octanol–water partition coefficient (Wildman–Crippen LogP) is 3.21. The van der Waals surface area contributed by atoms with Gasteiger partial charge in [0, 0.05) is 28.2 Å².